The first-order valence-corrected chi connectivity index (χ1v) is 36.5. The first kappa shape index (κ1) is 89.3. The number of hydrogen-bond acceptors (Lipinski definition) is 23. The fourth-order valence-corrected chi connectivity index (χ4v) is 12.2. The van der Waals surface area contributed by atoms with Gasteiger partial charge < -0.3 is 125 Å². The summed E-state index contributed by atoms with van der Waals surface area (Å²) in [5.41, 5.74) is 46.5. The maximum absolute atomic E-state index is 14.7. The smallest absolute Gasteiger partial charge is 0.245 e. The molecule has 1 aliphatic heterocycles. The molecule has 1 fully saturated rings. The lowest BCUT2D eigenvalue weighted by atomic mass is 10.0. The zero-order valence-corrected chi connectivity index (χ0v) is 60.3. The van der Waals surface area contributed by atoms with E-state index >= 15 is 0 Å². The third-order valence-electron chi connectivity index (χ3n) is 15.7. The Morgan fingerprint density at radius 1 is 0.495 bits per heavy atom. The SMILES string of the molecule is C[C@H](NC(=O)[C@H](CO)NC(=O)[C@H](CCCCN)NC(=O)[C@H](CCCN=C(N)N)NC(=O)[C@@H]1CSSC[C@H](N)C(=O)N[C@@H](Cc2ccccc2)C(=O)NCC(=O)NCC(=O)N[C@@H](Cc2ccccc2)C(=O)N[C@@H]([C@@H](C)O)C(=O)NCC(=O)N1)C(=O)N[C@@H](CCCN=C(N)N)C(=O)N[C@@H](CCCCN)C(N)=O. The Morgan fingerprint density at radius 2 is 0.933 bits per heavy atom. The predicted molar refractivity (Wildman–Crippen MR) is 391 cm³/mol. The van der Waals surface area contributed by atoms with Crippen molar-refractivity contribution in [3.05, 3.63) is 71.8 Å². The summed E-state index contributed by atoms with van der Waals surface area (Å²) in [5, 5.41) is 53.3. The molecule has 0 aromatic heterocycles. The molecule has 105 heavy (non-hydrogen) atoms. The normalized spacial score (nSPS) is 19.6. The number of aliphatic hydroxyl groups is 2. The van der Waals surface area contributed by atoms with E-state index in [1.807, 2.05) is 0 Å². The Hall–Kier alpha value is -9.94. The number of carbonyl (C=O) groups excluding carboxylic acids is 14. The van der Waals surface area contributed by atoms with Crippen molar-refractivity contribution < 1.29 is 77.3 Å². The third kappa shape index (κ3) is 35.4. The van der Waals surface area contributed by atoms with Crippen molar-refractivity contribution in [2.75, 3.05) is 63.9 Å². The number of hydrogen-bond donors (Lipinski definition) is 23. The standard InChI is InChI=1S/C64H103N23O16S2/c1-35(53(94)82-42(21-13-25-73-63(69)70)56(97)81-40(52(68)93)19-9-11-23-65)78-60(101)46(32-88)86-58(99)41(20-10-12-24-66)83-57(98)43(22-14-26-74-64(71)72)84-61(102)47-34-105-104-33-39(67)54(95)85-44(27-37-15-5-3-6-16-37)55(96)76-29-48(90)75-30-49(91)79-45(28-38-17-7-4-8-18-38)59(100)87-51(36(2)89)62(103)77-31-50(92)80-47/h3-8,15-18,35-36,39-47,51,88-89H,9-14,19-34,65-67H2,1-2H3,(H2,68,93)(H,75,90)(H,76,96)(H,77,103)(H,78,101)(H,79,91)(H,80,92)(H,81,97)(H,82,94)(H,83,98)(H,84,102)(H,85,95)(H,86,99)(H,87,100)(H4,69,70,73)(H4,71,72,74)/t35-,36+,39-,40-,41-,42-,43-,44-,45-,46-,47-,51-/m0/s1. The Balaban J connectivity index is 1.98. The Kier molecular flexibility index (Phi) is 41.6. The van der Waals surface area contributed by atoms with E-state index in [4.69, 9.17) is 45.9 Å². The molecule has 582 valence electrons. The van der Waals surface area contributed by atoms with E-state index in [9.17, 15) is 77.3 Å². The molecular weight excluding hydrogens is 1410 g/mol. The van der Waals surface area contributed by atoms with Gasteiger partial charge in [0.15, 0.2) is 11.9 Å². The maximum Gasteiger partial charge on any atom is 0.245 e. The van der Waals surface area contributed by atoms with Crippen LogP contribution in [0.2, 0.25) is 0 Å². The molecule has 3 rings (SSSR count). The number of nitrogens with one attached hydrogen (secondary N) is 13. The number of carbonyl (C=O) groups is 14. The summed E-state index contributed by atoms with van der Waals surface area (Å²) in [6, 6.07) is 0.692. The van der Waals surface area contributed by atoms with Crippen molar-refractivity contribution in [3.63, 3.8) is 0 Å². The maximum atomic E-state index is 14.7. The number of aliphatic hydroxyl groups excluding tert-OH is 2. The topological polar surface area (TPSA) is 669 Å². The van der Waals surface area contributed by atoms with E-state index in [0.717, 1.165) is 28.5 Å². The van der Waals surface area contributed by atoms with Crippen molar-refractivity contribution in [1.82, 2.24) is 69.1 Å². The van der Waals surface area contributed by atoms with Gasteiger partial charge in [0.1, 0.15) is 60.4 Å². The van der Waals surface area contributed by atoms with Crippen molar-refractivity contribution >= 4 is 116 Å². The number of unbranched alkanes of at least 4 members (excludes halogenated alkanes) is 2. The van der Waals surface area contributed by atoms with Crippen molar-refractivity contribution in [2.45, 2.75) is 163 Å². The molecule has 0 aliphatic carbocycles. The molecule has 39 nitrogen and oxygen atoms in total. The number of aliphatic imine (C=N–C) groups is 2. The van der Waals surface area contributed by atoms with Crippen molar-refractivity contribution in [2.24, 2.45) is 55.9 Å². The molecule has 2 aromatic rings. The van der Waals surface area contributed by atoms with Gasteiger partial charge in [0.05, 0.1) is 38.4 Å². The summed E-state index contributed by atoms with van der Waals surface area (Å²) in [7, 11) is 1.86. The van der Waals surface area contributed by atoms with Gasteiger partial charge in [-0.2, -0.15) is 0 Å². The van der Waals surface area contributed by atoms with E-state index in [0.29, 0.717) is 36.9 Å². The van der Waals surface area contributed by atoms with E-state index in [1.54, 1.807) is 60.7 Å². The lowest BCUT2D eigenvalue weighted by molar-refractivity contribution is -0.136. The molecular formula is C64H103N23O16S2. The molecule has 0 spiro atoms. The average Bonchev–Trinajstić information content (AvgIpc) is 0.873. The molecule has 14 amide bonds. The fraction of sp³-hybridized carbons (Fsp3) is 0.562. The predicted octanol–water partition coefficient (Wildman–Crippen LogP) is -9.37. The average molecular weight is 1510 g/mol. The molecule has 1 aliphatic rings. The monoisotopic (exact) mass is 1510 g/mol. The summed E-state index contributed by atoms with van der Waals surface area (Å²) in [6.07, 6.45) is -0.477. The van der Waals surface area contributed by atoms with E-state index in [-0.39, 0.29) is 101 Å². The second kappa shape index (κ2) is 48.9. The van der Waals surface area contributed by atoms with Crippen LogP contribution in [0.15, 0.2) is 70.6 Å². The number of primary amides is 1. The lowest BCUT2D eigenvalue weighted by Crippen LogP contribution is -2.60. The van der Waals surface area contributed by atoms with Crippen molar-refractivity contribution in [1.29, 1.82) is 0 Å². The van der Waals surface area contributed by atoms with Gasteiger partial charge in [0, 0.05) is 37.4 Å². The molecule has 0 bridgehead atoms. The molecule has 12 atom stereocenters. The molecule has 0 unspecified atom stereocenters. The van der Waals surface area contributed by atoms with Crippen LogP contribution in [0.3, 0.4) is 0 Å². The summed E-state index contributed by atoms with van der Waals surface area (Å²) in [6.45, 7) is -0.476. The van der Waals surface area contributed by atoms with Crippen LogP contribution in [-0.4, -0.2) is 241 Å². The Labute approximate surface area is 615 Å². The zero-order valence-electron chi connectivity index (χ0n) is 58.7. The second-order valence-corrected chi connectivity index (χ2v) is 26.9. The van der Waals surface area contributed by atoms with Crippen molar-refractivity contribution in [3.8, 4) is 0 Å². The number of guanidine groups is 2. The van der Waals surface area contributed by atoms with E-state index in [1.165, 1.54) is 6.92 Å². The van der Waals surface area contributed by atoms with Crippen LogP contribution >= 0.6 is 21.6 Å². The van der Waals surface area contributed by atoms with Gasteiger partial charge in [-0.25, -0.2) is 0 Å². The first-order chi connectivity index (χ1) is 50.0. The summed E-state index contributed by atoms with van der Waals surface area (Å²) < 4.78 is 0. The minimum absolute atomic E-state index is 0.00248. The minimum Gasteiger partial charge on any atom is -0.394 e. The number of rotatable bonds is 35. The quantitative estimate of drug-likeness (QED) is 0.0132. The number of nitrogens with two attached hydrogens (primary N) is 8. The van der Waals surface area contributed by atoms with Crippen LogP contribution in [0, 0.1) is 0 Å². The van der Waals surface area contributed by atoms with Gasteiger partial charge in [0.2, 0.25) is 82.7 Å². The number of amides is 14. The number of nitrogens with zero attached hydrogens (tertiary/aromatic N) is 2. The van der Waals surface area contributed by atoms with Crippen LogP contribution < -0.4 is 115 Å². The van der Waals surface area contributed by atoms with E-state index < -0.39 is 182 Å². The van der Waals surface area contributed by atoms with Crippen LogP contribution in [0.5, 0.6) is 0 Å². The molecule has 1 heterocycles. The molecule has 0 saturated carbocycles. The van der Waals surface area contributed by atoms with Gasteiger partial charge in [-0.05, 0) is 102 Å². The van der Waals surface area contributed by atoms with Crippen LogP contribution in [-0.2, 0) is 80.0 Å². The van der Waals surface area contributed by atoms with Gasteiger partial charge in [-0.1, -0.05) is 82.3 Å². The molecule has 41 heteroatoms. The largest absolute Gasteiger partial charge is 0.394 e. The van der Waals surface area contributed by atoms with Gasteiger partial charge in [-0.15, -0.1) is 0 Å². The highest BCUT2D eigenvalue weighted by Crippen LogP contribution is 2.23. The highest BCUT2D eigenvalue weighted by atomic mass is 33.1. The fourth-order valence-electron chi connectivity index (χ4n) is 9.90. The Morgan fingerprint density at radius 3 is 1.45 bits per heavy atom. The molecule has 31 N–H and O–H groups in total. The zero-order chi connectivity index (χ0) is 78.0. The second-order valence-electron chi connectivity index (χ2n) is 24.4. The Bertz CT molecular complexity index is 3260. The highest BCUT2D eigenvalue weighted by Gasteiger charge is 2.36. The lowest BCUT2D eigenvalue weighted by Gasteiger charge is -2.27. The number of benzene rings is 2. The van der Waals surface area contributed by atoms with Gasteiger partial charge >= 0.3 is 0 Å². The highest BCUT2D eigenvalue weighted by molar-refractivity contribution is 8.76. The van der Waals surface area contributed by atoms with Gasteiger partial charge in [-0.3, -0.25) is 77.1 Å². The van der Waals surface area contributed by atoms with Crippen LogP contribution in [0.4, 0.5) is 0 Å². The summed E-state index contributed by atoms with van der Waals surface area (Å²) in [5.74, 6) is -14.2. The van der Waals surface area contributed by atoms with Crippen LogP contribution in [0.25, 0.3) is 0 Å². The summed E-state index contributed by atoms with van der Waals surface area (Å²) >= 11 is 0. The molecule has 2 aromatic carbocycles. The molecule has 0 radical (unpaired) electrons. The third-order valence-corrected chi connectivity index (χ3v) is 18.1. The van der Waals surface area contributed by atoms with Gasteiger partial charge in [0.25, 0.3) is 0 Å². The minimum atomic E-state index is -1.78. The van der Waals surface area contributed by atoms with E-state index in [2.05, 4.69) is 79.1 Å². The first-order valence-electron chi connectivity index (χ1n) is 34.0. The summed E-state index contributed by atoms with van der Waals surface area (Å²) in [4.78, 5) is 200. The van der Waals surface area contributed by atoms with Crippen LogP contribution in [0.1, 0.15) is 89.2 Å². The molecule has 1 saturated heterocycles.